The zero-order valence-corrected chi connectivity index (χ0v) is 16.5. The molecule has 1 aliphatic heterocycles. The molecule has 1 N–H and O–H groups in total. The number of anilines is 1. The van der Waals surface area contributed by atoms with Crippen LogP contribution in [-0.2, 0) is 17.8 Å². The van der Waals surface area contributed by atoms with E-state index in [1.54, 1.807) is 0 Å². The monoisotopic (exact) mass is 376 g/mol. The molecule has 1 saturated heterocycles. The first-order valence-corrected chi connectivity index (χ1v) is 9.99. The fraction of sp³-hybridized carbons (Fsp3) is 0.391. The van der Waals surface area contributed by atoms with Gasteiger partial charge in [0, 0.05) is 25.3 Å². The van der Waals surface area contributed by atoms with Gasteiger partial charge in [0.2, 0.25) is 5.91 Å². The summed E-state index contributed by atoms with van der Waals surface area (Å²) in [5.41, 5.74) is 4.05. The standard InChI is InChI=1S/C23H28N4O/c1-2-19-8-10-22(11-9-19)25-23(28)18-27-13-3-12-26(14-15-27)17-21-6-4-20(16-24)5-7-21/h4-11H,2-3,12-15,17-18H2,1H3,(H,25,28). The number of carbonyl (C=O) groups is 1. The van der Waals surface area contributed by atoms with Crippen LogP contribution in [0.4, 0.5) is 5.69 Å². The number of hydrogen-bond acceptors (Lipinski definition) is 4. The van der Waals surface area contributed by atoms with E-state index in [9.17, 15) is 4.79 Å². The van der Waals surface area contributed by atoms with Crippen molar-refractivity contribution in [3.63, 3.8) is 0 Å². The van der Waals surface area contributed by atoms with E-state index in [0.717, 1.165) is 51.3 Å². The second kappa shape index (κ2) is 10.0. The Morgan fingerprint density at radius 3 is 2.29 bits per heavy atom. The number of rotatable bonds is 6. The second-order valence-electron chi connectivity index (χ2n) is 7.31. The maximum absolute atomic E-state index is 12.4. The van der Waals surface area contributed by atoms with Gasteiger partial charge in [0.1, 0.15) is 0 Å². The zero-order valence-electron chi connectivity index (χ0n) is 16.5. The summed E-state index contributed by atoms with van der Waals surface area (Å²) in [6, 6.07) is 18.0. The average molecular weight is 377 g/mol. The van der Waals surface area contributed by atoms with Crippen molar-refractivity contribution in [1.82, 2.24) is 9.80 Å². The van der Waals surface area contributed by atoms with Crippen molar-refractivity contribution in [3.05, 3.63) is 65.2 Å². The molecule has 5 heteroatoms. The van der Waals surface area contributed by atoms with Gasteiger partial charge in [0.15, 0.2) is 0 Å². The van der Waals surface area contributed by atoms with E-state index >= 15 is 0 Å². The number of aryl methyl sites for hydroxylation is 1. The summed E-state index contributed by atoms with van der Waals surface area (Å²) in [6.07, 6.45) is 2.05. The van der Waals surface area contributed by atoms with Gasteiger partial charge in [-0.05, 0) is 61.3 Å². The van der Waals surface area contributed by atoms with E-state index in [1.807, 2.05) is 36.4 Å². The molecule has 0 aromatic heterocycles. The molecular weight excluding hydrogens is 348 g/mol. The van der Waals surface area contributed by atoms with Gasteiger partial charge in [0.05, 0.1) is 18.2 Å². The summed E-state index contributed by atoms with van der Waals surface area (Å²) in [5, 5.41) is 11.9. The van der Waals surface area contributed by atoms with Gasteiger partial charge in [0.25, 0.3) is 0 Å². The Morgan fingerprint density at radius 2 is 1.61 bits per heavy atom. The van der Waals surface area contributed by atoms with Crippen LogP contribution < -0.4 is 5.32 Å². The largest absolute Gasteiger partial charge is 0.325 e. The molecule has 2 aromatic carbocycles. The van der Waals surface area contributed by atoms with Crippen LogP contribution in [0.2, 0.25) is 0 Å². The summed E-state index contributed by atoms with van der Waals surface area (Å²) in [6.45, 7) is 7.23. The summed E-state index contributed by atoms with van der Waals surface area (Å²) < 4.78 is 0. The highest BCUT2D eigenvalue weighted by atomic mass is 16.2. The maximum Gasteiger partial charge on any atom is 0.238 e. The second-order valence-corrected chi connectivity index (χ2v) is 7.31. The van der Waals surface area contributed by atoms with Gasteiger partial charge in [-0.2, -0.15) is 5.26 Å². The first kappa shape index (κ1) is 20.1. The van der Waals surface area contributed by atoms with Crippen LogP contribution in [0.1, 0.15) is 30.0 Å². The minimum Gasteiger partial charge on any atom is -0.325 e. The Bertz CT molecular complexity index is 808. The summed E-state index contributed by atoms with van der Waals surface area (Å²) in [4.78, 5) is 17.0. The number of benzene rings is 2. The molecule has 0 bridgehead atoms. The molecule has 0 saturated carbocycles. The lowest BCUT2D eigenvalue weighted by Gasteiger charge is -2.21. The Morgan fingerprint density at radius 1 is 0.964 bits per heavy atom. The maximum atomic E-state index is 12.4. The van der Waals surface area contributed by atoms with E-state index in [-0.39, 0.29) is 5.91 Å². The van der Waals surface area contributed by atoms with Crippen LogP contribution in [0.25, 0.3) is 0 Å². The smallest absolute Gasteiger partial charge is 0.238 e. The third-order valence-electron chi connectivity index (χ3n) is 5.18. The fourth-order valence-corrected chi connectivity index (χ4v) is 3.51. The lowest BCUT2D eigenvalue weighted by Crippen LogP contribution is -2.36. The van der Waals surface area contributed by atoms with Crippen LogP contribution in [-0.4, -0.2) is 48.4 Å². The zero-order chi connectivity index (χ0) is 19.8. The molecule has 2 aromatic rings. The molecule has 3 rings (SSSR count). The minimum absolute atomic E-state index is 0.0461. The van der Waals surface area contributed by atoms with Crippen LogP contribution in [0, 0.1) is 11.3 Å². The summed E-state index contributed by atoms with van der Waals surface area (Å²) in [7, 11) is 0. The molecule has 0 spiro atoms. The number of nitrogens with one attached hydrogen (secondary N) is 1. The van der Waals surface area contributed by atoms with Crippen LogP contribution in [0.15, 0.2) is 48.5 Å². The van der Waals surface area contributed by atoms with Gasteiger partial charge in [-0.3, -0.25) is 14.6 Å². The van der Waals surface area contributed by atoms with Crippen molar-refractivity contribution in [1.29, 1.82) is 5.26 Å². The molecule has 0 unspecified atom stereocenters. The SMILES string of the molecule is CCc1ccc(NC(=O)CN2CCCN(Cc3ccc(C#N)cc3)CC2)cc1. The van der Waals surface area contributed by atoms with E-state index < -0.39 is 0 Å². The minimum atomic E-state index is 0.0461. The highest BCUT2D eigenvalue weighted by molar-refractivity contribution is 5.92. The third kappa shape index (κ3) is 5.91. The van der Waals surface area contributed by atoms with Crippen molar-refractivity contribution in [2.24, 2.45) is 0 Å². The number of carbonyl (C=O) groups excluding carboxylic acids is 1. The predicted octanol–water partition coefficient (Wildman–Crippen LogP) is 3.27. The van der Waals surface area contributed by atoms with Gasteiger partial charge in [-0.1, -0.05) is 31.2 Å². The molecule has 5 nitrogen and oxygen atoms in total. The van der Waals surface area contributed by atoms with Crippen molar-refractivity contribution >= 4 is 11.6 Å². The van der Waals surface area contributed by atoms with Gasteiger partial charge in [-0.15, -0.1) is 0 Å². The van der Waals surface area contributed by atoms with Crippen molar-refractivity contribution in [3.8, 4) is 6.07 Å². The molecule has 0 atom stereocenters. The number of nitrogens with zero attached hydrogens (tertiary/aromatic N) is 3. The highest BCUT2D eigenvalue weighted by Gasteiger charge is 2.17. The van der Waals surface area contributed by atoms with Crippen molar-refractivity contribution < 1.29 is 4.79 Å². The number of hydrogen-bond donors (Lipinski definition) is 1. The predicted molar refractivity (Wildman–Crippen MR) is 112 cm³/mol. The molecule has 1 heterocycles. The Hall–Kier alpha value is -2.68. The normalized spacial score (nSPS) is 15.6. The van der Waals surface area contributed by atoms with E-state index in [1.165, 1.54) is 11.1 Å². The van der Waals surface area contributed by atoms with E-state index in [0.29, 0.717) is 12.1 Å². The summed E-state index contributed by atoms with van der Waals surface area (Å²) in [5.74, 6) is 0.0461. The number of nitriles is 1. The van der Waals surface area contributed by atoms with Crippen LogP contribution in [0.5, 0.6) is 0 Å². The molecule has 28 heavy (non-hydrogen) atoms. The van der Waals surface area contributed by atoms with E-state index in [4.69, 9.17) is 5.26 Å². The van der Waals surface area contributed by atoms with Crippen molar-refractivity contribution in [2.45, 2.75) is 26.3 Å². The molecule has 1 aliphatic rings. The Kier molecular flexibility index (Phi) is 7.18. The van der Waals surface area contributed by atoms with Crippen LogP contribution >= 0.6 is 0 Å². The lowest BCUT2D eigenvalue weighted by molar-refractivity contribution is -0.117. The first-order chi connectivity index (χ1) is 13.7. The van der Waals surface area contributed by atoms with Crippen molar-refractivity contribution in [2.75, 3.05) is 38.0 Å². The molecule has 0 aliphatic carbocycles. The molecule has 0 radical (unpaired) electrons. The molecular formula is C23H28N4O. The topological polar surface area (TPSA) is 59.4 Å². The van der Waals surface area contributed by atoms with Gasteiger partial charge < -0.3 is 5.32 Å². The molecule has 1 fully saturated rings. The molecule has 146 valence electrons. The summed E-state index contributed by atoms with van der Waals surface area (Å²) >= 11 is 0. The third-order valence-corrected chi connectivity index (χ3v) is 5.18. The average Bonchev–Trinajstić information content (AvgIpc) is 2.94. The first-order valence-electron chi connectivity index (χ1n) is 9.99. The Balaban J connectivity index is 1.46. The molecule has 1 amide bonds. The fourth-order valence-electron chi connectivity index (χ4n) is 3.51. The number of amides is 1. The Labute approximate surface area is 167 Å². The van der Waals surface area contributed by atoms with Gasteiger partial charge in [-0.25, -0.2) is 0 Å². The van der Waals surface area contributed by atoms with E-state index in [2.05, 4.69) is 40.2 Å². The van der Waals surface area contributed by atoms with Crippen LogP contribution in [0.3, 0.4) is 0 Å². The lowest BCUT2D eigenvalue weighted by atomic mass is 10.1. The quantitative estimate of drug-likeness (QED) is 0.841. The highest BCUT2D eigenvalue weighted by Crippen LogP contribution is 2.12. The van der Waals surface area contributed by atoms with Gasteiger partial charge >= 0.3 is 0 Å².